The Morgan fingerprint density at radius 1 is 1.09 bits per heavy atom. The van der Waals surface area contributed by atoms with E-state index in [9.17, 15) is 41.6 Å². The molecule has 0 radical (unpaired) electrons. The molecular weight excluding hydrogens is 736 g/mol. The van der Waals surface area contributed by atoms with Crippen molar-refractivity contribution in [2.45, 2.75) is 108 Å². The Bertz CT molecular complexity index is 1910. The summed E-state index contributed by atoms with van der Waals surface area (Å²) in [6.45, 7) is 8.47. The van der Waals surface area contributed by atoms with Crippen LogP contribution in [0.3, 0.4) is 0 Å². The van der Waals surface area contributed by atoms with Gasteiger partial charge in [-0.3, -0.25) is 33.6 Å². The van der Waals surface area contributed by atoms with Crippen molar-refractivity contribution in [3.8, 4) is 0 Å². The summed E-state index contributed by atoms with van der Waals surface area (Å²) in [6.07, 6.45) is 4.02. The quantitative estimate of drug-likeness (QED) is 0.245. The smallest absolute Gasteiger partial charge is 0.410 e. The van der Waals surface area contributed by atoms with Gasteiger partial charge in [0.2, 0.25) is 27.7 Å². The molecule has 0 spiro atoms. The van der Waals surface area contributed by atoms with Crippen molar-refractivity contribution in [2.24, 2.45) is 17.3 Å². The van der Waals surface area contributed by atoms with E-state index in [-0.39, 0.29) is 52.0 Å². The van der Waals surface area contributed by atoms with E-state index >= 15 is 0 Å². The zero-order valence-corrected chi connectivity index (χ0v) is 32.3. The molecule has 0 aromatic heterocycles. The number of hydrogen-bond acceptors (Lipinski definition) is 10. The maximum atomic E-state index is 14.7. The van der Waals surface area contributed by atoms with E-state index in [1.165, 1.54) is 20.8 Å². The minimum absolute atomic E-state index is 0.0278. The lowest BCUT2D eigenvalue weighted by Gasteiger charge is -2.32. The number of nitrogens with one attached hydrogen (secondary N) is 1. The molecule has 4 amide bonds. The molecule has 5 aliphatic rings. The largest absolute Gasteiger partial charge is 0.460 e. The number of ether oxygens (including phenoxy) is 2. The van der Waals surface area contributed by atoms with Crippen LogP contribution in [-0.2, 0) is 56.6 Å². The van der Waals surface area contributed by atoms with Crippen molar-refractivity contribution in [3.63, 3.8) is 0 Å². The molecule has 5 atom stereocenters. The molecule has 2 saturated carbocycles. The van der Waals surface area contributed by atoms with E-state index < -0.39 is 98.1 Å². The van der Waals surface area contributed by atoms with Crippen LogP contribution in [0.25, 0.3) is 0 Å². The predicted octanol–water partition coefficient (Wildman–Crippen LogP) is 3.53. The molecule has 0 unspecified atom stereocenters. The van der Waals surface area contributed by atoms with Crippen LogP contribution in [0.1, 0.15) is 83.3 Å². The Balaban J connectivity index is 1.31. The van der Waals surface area contributed by atoms with Gasteiger partial charge in [0, 0.05) is 38.0 Å². The minimum Gasteiger partial charge on any atom is -0.460 e. The average molecular weight is 785 g/mol. The molecule has 1 aromatic rings. The van der Waals surface area contributed by atoms with E-state index in [0.717, 1.165) is 6.08 Å². The van der Waals surface area contributed by atoms with Crippen molar-refractivity contribution < 1.29 is 51.0 Å². The predicted molar refractivity (Wildman–Crippen MR) is 195 cm³/mol. The molecule has 1 saturated heterocycles. The summed E-state index contributed by atoms with van der Waals surface area (Å²) in [5.41, 5.74) is -1.27. The molecule has 6 rings (SSSR count). The summed E-state index contributed by atoms with van der Waals surface area (Å²) in [6, 6.07) is 3.35. The van der Waals surface area contributed by atoms with Crippen molar-refractivity contribution in [2.75, 3.05) is 19.6 Å². The van der Waals surface area contributed by atoms with Crippen LogP contribution in [0.2, 0.25) is 0 Å². The third kappa shape index (κ3) is 9.11. The van der Waals surface area contributed by atoms with Gasteiger partial charge in [-0.2, -0.15) is 0 Å². The van der Waals surface area contributed by atoms with Gasteiger partial charge in [-0.05, 0) is 76.5 Å². The highest BCUT2D eigenvalue weighted by Crippen LogP contribution is 2.57. The number of benzene rings is 1. The zero-order valence-electron chi connectivity index (χ0n) is 31.5. The van der Waals surface area contributed by atoms with Gasteiger partial charge >= 0.3 is 12.1 Å². The van der Waals surface area contributed by atoms with Crippen molar-refractivity contribution in [3.05, 3.63) is 60.0 Å². The summed E-state index contributed by atoms with van der Waals surface area (Å²) < 4.78 is 53.8. The lowest BCUT2D eigenvalue weighted by atomic mass is 9.91. The van der Waals surface area contributed by atoms with E-state index in [0.29, 0.717) is 36.8 Å². The van der Waals surface area contributed by atoms with Gasteiger partial charge in [-0.1, -0.05) is 30.9 Å². The number of esters is 1. The number of amides is 4. The van der Waals surface area contributed by atoms with Crippen LogP contribution in [0.5, 0.6) is 0 Å². The van der Waals surface area contributed by atoms with Gasteiger partial charge in [0.15, 0.2) is 5.78 Å². The second kappa shape index (κ2) is 15.5. The lowest BCUT2D eigenvalue weighted by Crippen LogP contribution is -2.49. The van der Waals surface area contributed by atoms with Gasteiger partial charge < -0.3 is 19.3 Å². The number of carbonyl (C=O) groups is 6. The van der Waals surface area contributed by atoms with E-state index in [4.69, 9.17) is 9.47 Å². The first-order chi connectivity index (χ1) is 25.9. The van der Waals surface area contributed by atoms with Crippen LogP contribution in [0.15, 0.2) is 43.0 Å². The number of sulfonamides is 1. The Morgan fingerprint density at radius 2 is 1.84 bits per heavy atom. The molecular formula is C39H49FN4O10S. The van der Waals surface area contributed by atoms with E-state index in [1.54, 1.807) is 39.0 Å². The van der Waals surface area contributed by atoms with Crippen LogP contribution in [0.4, 0.5) is 9.18 Å². The number of nitrogens with zero attached hydrogens (tertiary/aromatic N) is 3. The van der Waals surface area contributed by atoms with E-state index in [2.05, 4.69) is 11.3 Å². The highest BCUT2D eigenvalue weighted by atomic mass is 32.2. The van der Waals surface area contributed by atoms with Gasteiger partial charge in [-0.15, -0.1) is 0 Å². The minimum atomic E-state index is -3.93. The highest BCUT2D eigenvalue weighted by Gasteiger charge is 2.61. The van der Waals surface area contributed by atoms with Gasteiger partial charge in [-0.25, -0.2) is 17.6 Å². The average Bonchev–Trinajstić information content (AvgIpc) is 3.99. The zero-order chi connectivity index (χ0) is 39.9. The number of halogens is 1. The Morgan fingerprint density at radius 3 is 2.51 bits per heavy atom. The van der Waals surface area contributed by atoms with E-state index in [1.807, 2.05) is 6.08 Å². The number of allylic oxidation sites excluding steroid dienone is 2. The summed E-state index contributed by atoms with van der Waals surface area (Å²) in [4.78, 5) is 86.5. The van der Waals surface area contributed by atoms with Gasteiger partial charge in [0.25, 0.3) is 0 Å². The number of rotatable bonds is 7. The standard InChI is InChI=1S/C39H49FN4O10S/c1-5-33(46)42-15-8-6-7-11-26-18-39(26,36(49)41-55(51,52)28-13-14-28)19-32(45)31-17-27(53-37(50)43-20-24-10-9-12-30(40)29(24)23-43)22-44(31)35(48)25(21-42)16-34(47)54-38(2,3)4/h5,7,9-12,25-28,31H,1,6,8,13-23H2,2-4H3,(H,41,49)/b11-7-/t25-,26+,27+,31-,39+/m0/s1. The van der Waals surface area contributed by atoms with Crippen LogP contribution in [0, 0.1) is 23.1 Å². The second-order valence-electron chi connectivity index (χ2n) is 16.3. The molecule has 3 fully saturated rings. The first-order valence-electron chi connectivity index (χ1n) is 18.8. The summed E-state index contributed by atoms with van der Waals surface area (Å²) >= 11 is 0. The molecule has 298 valence electrons. The normalized spacial score (nSPS) is 27.8. The third-order valence-electron chi connectivity index (χ3n) is 10.9. The molecule has 1 N–H and O–H groups in total. The fraction of sp³-hybridized carbons (Fsp3) is 0.590. The summed E-state index contributed by atoms with van der Waals surface area (Å²) in [7, 11) is -3.93. The van der Waals surface area contributed by atoms with Crippen molar-refractivity contribution >= 4 is 45.6 Å². The molecule has 2 aliphatic carbocycles. The molecule has 16 heteroatoms. The maximum absolute atomic E-state index is 14.7. The summed E-state index contributed by atoms with van der Waals surface area (Å²) in [5.74, 6) is -5.22. The fourth-order valence-corrected chi connectivity index (χ4v) is 9.19. The molecule has 3 heterocycles. The van der Waals surface area contributed by atoms with Crippen LogP contribution < -0.4 is 4.72 Å². The number of carbonyl (C=O) groups excluding carboxylic acids is 6. The van der Waals surface area contributed by atoms with Crippen molar-refractivity contribution in [1.82, 2.24) is 19.4 Å². The van der Waals surface area contributed by atoms with Crippen LogP contribution in [-0.4, -0.2) is 101 Å². The first-order valence-corrected chi connectivity index (χ1v) is 20.4. The first kappa shape index (κ1) is 40.1. The van der Waals surface area contributed by atoms with Crippen molar-refractivity contribution in [1.29, 1.82) is 0 Å². The topological polar surface area (TPSA) is 177 Å². The Hall–Kier alpha value is -4.60. The molecule has 3 aliphatic heterocycles. The molecule has 0 bridgehead atoms. The monoisotopic (exact) mass is 784 g/mol. The van der Waals surface area contributed by atoms with Gasteiger partial charge in [0.1, 0.15) is 17.5 Å². The fourth-order valence-electron chi connectivity index (χ4n) is 7.81. The third-order valence-corrected chi connectivity index (χ3v) is 12.7. The number of hydrogen-bond donors (Lipinski definition) is 1. The molecule has 55 heavy (non-hydrogen) atoms. The van der Waals surface area contributed by atoms with Gasteiger partial charge in [0.05, 0.1) is 42.1 Å². The Labute approximate surface area is 320 Å². The number of Topliss-reactive ketones (excluding diaryl/α,β-unsaturated/α-hetero) is 1. The SMILES string of the molecule is C=CC(=O)N1CCC/C=C\[C@@H]2C[C@@]2(C(=O)NS(=O)(=O)C2CC2)CC(=O)[C@@H]2C[C@@H](OC(=O)N3Cc4cccc(F)c4C3)CN2C(=O)[C@@H](CC(=O)OC(C)(C)C)C1. The number of fused-ring (bicyclic) bond motifs is 3. The Kier molecular flexibility index (Phi) is 11.3. The lowest BCUT2D eigenvalue weighted by molar-refractivity contribution is -0.159. The second-order valence-corrected chi connectivity index (χ2v) is 18.3. The summed E-state index contributed by atoms with van der Waals surface area (Å²) in [5, 5.41) is -0.667. The van der Waals surface area contributed by atoms with Crippen LogP contribution >= 0.6 is 0 Å². The highest BCUT2D eigenvalue weighted by molar-refractivity contribution is 7.90. The molecule has 14 nitrogen and oxygen atoms in total. The molecule has 1 aromatic carbocycles. The number of ketones is 1. The maximum Gasteiger partial charge on any atom is 0.410 e.